The average Bonchev–Trinajstić information content (AvgIpc) is 2.39. The molecule has 0 atom stereocenters. The van der Waals surface area contributed by atoms with Crippen LogP contribution in [-0.2, 0) is 20.4 Å². The molecular weight excluding hydrogens is 424 g/mol. The number of rotatable bonds is 2. The molecule has 0 unspecified atom stereocenters. The van der Waals surface area contributed by atoms with Crippen LogP contribution >= 0.6 is 0 Å². The maximum atomic E-state index is 11.9. The second kappa shape index (κ2) is 7.01. The Morgan fingerprint density at radius 2 is 1.75 bits per heavy atom. The number of nitriles is 1. The molecule has 0 aromatic heterocycles. The third kappa shape index (κ3) is 3.54. The van der Waals surface area contributed by atoms with Gasteiger partial charge in [-0.15, -0.1) is 0 Å². The van der Waals surface area contributed by atoms with Gasteiger partial charge in [0.05, 0.1) is 11.6 Å². The number of carbonyl (C=O) groups is 1. The van der Waals surface area contributed by atoms with Crippen LogP contribution in [0.5, 0.6) is 5.75 Å². The van der Waals surface area contributed by atoms with Crippen LogP contribution in [-0.4, -0.2) is 5.97 Å². The summed E-state index contributed by atoms with van der Waals surface area (Å²) < 4.78 is 5.30. The molecule has 3 nitrogen and oxygen atoms in total. The summed E-state index contributed by atoms with van der Waals surface area (Å²) in [5.41, 5.74) is 2.69. The molecule has 0 aliphatic carbocycles. The molecule has 2 aromatic rings. The molecule has 0 aliphatic rings. The molecule has 0 saturated carbocycles. The Bertz CT molecular complexity index is 637. The molecule has 4 heteroatoms. The molecule has 2 aromatic carbocycles. The summed E-state index contributed by atoms with van der Waals surface area (Å²) in [7, 11) is 0. The van der Waals surface area contributed by atoms with Gasteiger partial charge >= 0.3 is 5.97 Å². The quantitative estimate of drug-likeness (QED) is 0.413. The van der Waals surface area contributed by atoms with Gasteiger partial charge < -0.3 is 4.74 Å². The molecule has 0 amide bonds. The fraction of sp³-hybridized carbons (Fsp3) is 0.125. The number of hydrogen-bond acceptors (Lipinski definition) is 3. The second-order valence-electron chi connectivity index (χ2n) is 4.22. The van der Waals surface area contributed by atoms with Crippen molar-refractivity contribution in [2.24, 2.45) is 0 Å². The van der Waals surface area contributed by atoms with E-state index in [0.29, 0.717) is 16.9 Å². The van der Waals surface area contributed by atoms with Crippen molar-refractivity contribution in [3.8, 4) is 11.8 Å². The van der Waals surface area contributed by atoms with Crippen molar-refractivity contribution in [1.82, 2.24) is 0 Å². The van der Waals surface area contributed by atoms with Gasteiger partial charge in [0.15, 0.2) is 0 Å². The van der Waals surface area contributed by atoms with Gasteiger partial charge in [-0.1, -0.05) is 0 Å². The Balaban J connectivity index is 0.00000200. The van der Waals surface area contributed by atoms with Crippen LogP contribution in [0.25, 0.3) is 0 Å². The number of hydrogen-bond donors (Lipinski definition) is 0. The van der Waals surface area contributed by atoms with Crippen LogP contribution in [0, 0.1) is 31.2 Å². The molecule has 0 heterocycles. The first kappa shape index (κ1) is 16.1. The minimum atomic E-state index is -0.419. The van der Waals surface area contributed by atoms with Gasteiger partial charge in [-0.25, -0.2) is 4.79 Å². The Morgan fingerprint density at radius 1 is 1.20 bits per heavy atom. The SMILES string of the molecule is Cc1cc(OC(=O)c2cc[c-]cc2)cc(C)c1C#N.[Re]. The van der Waals surface area contributed by atoms with E-state index in [0.717, 1.165) is 11.1 Å². The van der Waals surface area contributed by atoms with Crippen molar-refractivity contribution in [2.75, 3.05) is 0 Å². The maximum absolute atomic E-state index is 11.9. The summed E-state index contributed by atoms with van der Waals surface area (Å²) >= 11 is 0. The van der Waals surface area contributed by atoms with E-state index in [-0.39, 0.29) is 20.4 Å². The molecule has 0 spiro atoms. The van der Waals surface area contributed by atoms with Crippen LogP contribution < -0.4 is 4.74 Å². The summed E-state index contributed by atoms with van der Waals surface area (Å²) in [6.45, 7) is 3.64. The predicted molar refractivity (Wildman–Crippen MR) is 70.9 cm³/mol. The van der Waals surface area contributed by atoms with Gasteiger partial charge in [-0.05, 0) is 42.7 Å². The van der Waals surface area contributed by atoms with E-state index in [1.54, 1.807) is 36.4 Å². The number of esters is 1. The predicted octanol–water partition coefficient (Wildman–Crippen LogP) is 3.19. The average molecular weight is 436 g/mol. The fourth-order valence-corrected chi connectivity index (χ4v) is 1.85. The Morgan fingerprint density at radius 3 is 2.25 bits per heavy atom. The minimum absolute atomic E-state index is 0. The summed E-state index contributed by atoms with van der Waals surface area (Å²) in [5.74, 6) is 0.0318. The van der Waals surface area contributed by atoms with Crippen LogP contribution in [0.2, 0.25) is 0 Å². The molecule has 1 radical (unpaired) electrons. The van der Waals surface area contributed by atoms with Crippen molar-refractivity contribution in [3.05, 3.63) is 64.7 Å². The van der Waals surface area contributed by atoms with Gasteiger partial charge in [-0.2, -0.15) is 35.6 Å². The third-order valence-corrected chi connectivity index (χ3v) is 2.78. The van der Waals surface area contributed by atoms with E-state index < -0.39 is 5.97 Å². The topological polar surface area (TPSA) is 50.1 Å². The first-order chi connectivity index (χ1) is 9.11. The first-order valence-corrected chi connectivity index (χ1v) is 5.81. The summed E-state index contributed by atoms with van der Waals surface area (Å²) in [5, 5.41) is 8.99. The standard InChI is InChI=1S/C16H12NO2.Re/c1-11-8-14(9-12(2)15(11)10-17)19-16(18)13-6-4-3-5-7-13;/h4-9H,1-2H3;/q-1;. The van der Waals surface area contributed by atoms with Crippen LogP contribution in [0.3, 0.4) is 0 Å². The largest absolute Gasteiger partial charge is 0.424 e. The van der Waals surface area contributed by atoms with Gasteiger partial charge in [-0.3, -0.25) is 0 Å². The van der Waals surface area contributed by atoms with Crippen LogP contribution in [0.1, 0.15) is 27.0 Å². The van der Waals surface area contributed by atoms with E-state index in [1.807, 2.05) is 13.8 Å². The smallest absolute Gasteiger partial charge is 0.318 e. The molecule has 0 fully saturated rings. The van der Waals surface area contributed by atoms with Crippen LogP contribution in [0.15, 0.2) is 36.4 Å². The molecular formula is C16H12NO2Re-. The number of nitrogens with zero attached hydrogens (tertiary/aromatic N) is 1. The monoisotopic (exact) mass is 437 g/mol. The second-order valence-corrected chi connectivity index (χ2v) is 4.22. The number of carbonyl (C=O) groups excluding carboxylic acids is 1. The zero-order valence-corrected chi connectivity index (χ0v) is 13.8. The number of ether oxygens (including phenoxy) is 1. The van der Waals surface area contributed by atoms with Gasteiger partial charge in [0, 0.05) is 20.4 Å². The third-order valence-electron chi connectivity index (χ3n) is 2.78. The molecule has 0 aliphatic heterocycles. The molecule has 20 heavy (non-hydrogen) atoms. The molecule has 101 valence electrons. The number of benzene rings is 2. The number of aryl methyl sites for hydroxylation is 2. The van der Waals surface area contributed by atoms with Crippen molar-refractivity contribution < 1.29 is 30.0 Å². The van der Waals surface area contributed by atoms with Gasteiger partial charge in [0.1, 0.15) is 5.75 Å². The minimum Gasteiger partial charge on any atom is -0.424 e. The Hall–Kier alpha value is -1.94. The molecule has 2 rings (SSSR count). The van der Waals surface area contributed by atoms with E-state index >= 15 is 0 Å². The first-order valence-electron chi connectivity index (χ1n) is 5.81. The van der Waals surface area contributed by atoms with E-state index in [1.165, 1.54) is 0 Å². The van der Waals surface area contributed by atoms with E-state index in [4.69, 9.17) is 10.00 Å². The molecule has 0 N–H and O–H groups in total. The van der Waals surface area contributed by atoms with E-state index in [9.17, 15) is 4.79 Å². The summed E-state index contributed by atoms with van der Waals surface area (Å²) in [6, 6.07) is 15.0. The summed E-state index contributed by atoms with van der Waals surface area (Å²) in [4.78, 5) is 11.9. The normalized spacial score (nSPS) is 9.25. The van der Waals surface area contributed by atoms with Crippen molar-refractivity contribution in [1.29, 1.82) is 5.26 Å². The van der Waals surface area contributed by atoms with Crippen LogP contribution in [0.4, 0.5) is 0 Å². The van der Waals surface area contributed by atoms with Crippen molar-refractivity contribution >= 4 is 5.97 Å². The zero-order chi connectivity index (χ0) is 13.8. The Kier molecular flexibility index (Phi) is 5.65. The van der Waals surface area contributed by atoms with Crippen molar-refractivity contribution in [2.45, 2.75) is 13.8 Å². The maximum Gasteiger partial charge on any atom is 0.318 e. The Labute approximate surface area is 131 Å². The molecule has 0 bridgehead atoms. The molecule has 0 saturated heterocycles. The van der Waals surface area contributed by atoms with Gasteiger partial charge in [0.25, 0.3) is 0 Å². The summed E-state index contributed by atoms with van der Waals surface area (Å²) in [6.07, 6.45) is 0. The van der Waals surface area contributed by atoms with Crippen molar-refractivity contribution in [3.63, 3.8) is 0 Å². The van der Waals surface area contributed by atoms with E-state index in [2.05, 4.69) is 12.1 Å². The zero-order valence-electron chi connectivity index (χ0n) is 11.1. The van der Waals surface area contributed by atoms with Gasteiger partial charge in [0.2, 0.25) is 0 Å². The fourth-order valence-electron chi connectivity index (χ4n) is 1.85.